The summed E-state index contributed by atoms with van der Waals surface area (Å²) in [4.78, 5) is 40.1. The molecule has 0 aromatic heterocycles. The van der Waals surface area contributed by atoms with Gasteiger partial charge in [0, 0.05) is 50.9 Å². The van der Waals surface area contributed by atoms with E-state index in [1.807, 2.05) is 0 Å². The lowest BCUT2D eigenvalue weighted by Gasteiger charge is -2.29. The van der Waals surface area contributed by atoms with Gasteiger partial charge in [-0.2, -0.15) is 0 Å². The molecular formula is C25H26FN3O5. The first-order valence-corrected chi connectivity index (χ1v) is 10.7. The van der Waals surface area contributed by atoms with Crippen LogP contribution in [0.25, 0.3) is 0 Å². The lowest BCUT2D eigenvalue weighted by Crippen LogP contribution is -2.52. The lowest BCUT2D eigenvalue weighted by atomic mass is 10.0. The van der Waals surface area contributed by atoms with Crippen LogP contribution in [0.1, 0.15) is 49.4 Å². The predicted octanol–water partition coefficient (Wildman–Crippen LogP) is 2.00. The summed E-state index contributed by atoms with van der Waals surface area (Å²) >= 11 is 0. The number of carbonyl (C=O) groups is 3. The van der Waals surface area contributed by atoms with Crippen molar-refractivity contribution in [2.24, 2.45) is 0 Å². The Morgan fingerprint density at radius 2 is 2.06 bits per heavy atom. The summed E-state index contributed by atoms with van der Waals surface area (Å²) in [7, 11) is 0. The van der Waals surface area contributed by atoms with E-state index in [1.54, 1.807) is 10.2 Å². The molecule has 3 amide bonds. The first kappa shape index (κ1) is 15.6. The van der Waals surface area contributed by atoms with Crippen LogP contribution in [0.15, 0.2) is 36.4 Å². The second-order valence-corrected chi connectivity index (χ2v) is 7.86. The minimum absolute atomic E-state index is 0.0234. The first-order chi connectivity index (χ1) is 19.1. The number of amides is 3. The Hall–Kier alpha value is -3.30. The molecule has 0 aliphatic carbocycles. The van der Waals surface area contributed by atoms with E-state index in [0.29, 0.717) is 31.2 Å². The molecule has 34 heavy (non-hydrogen) atoms. The molecule has 0 radical (unpaired) electrons. The maximum atomic E-state index is 15.0. The summed E-state index contributed by atoms with van der Waals surface area (Å²) in [5, 5.41) is 1.66. The molecule has 9 heteroatoms. The van der Waals surface area contributed by atoms with Crippen LogP contribution in [0.5, 0.6) is 5.75 Å². The SMILES string of the molecule is [2H]C([2H])(c1ccc(COc2cccc3c2CN([C@@]2([2H])C(=O)NC(=O)C([2H])([2H])C2([2H])[2H])C3=O)c(F)c1)N1CCOCC1. The van der Waals surface area contributed by atoms with Gasteiger partial charge in [0.1, 0.15) is 24.2 Å². The molecule has 2 fully saturated rings. The van der Waals surface area contributed by atoms with Crippen LogP contribution >= 0.6 is 0 Å². The van der Waals surface area contributed by atoms with Gasteiger partial charge < -0.3 is 14.4 Å². The summed E-state index contributed by atoms with van der Waals surface area (Å²) in [6.45, 7) is -1.28. The van der Waals surface area contributed by atoms with E-state index in [0.717, 1.165) is 6.07 Å². The number of hydrogen-bond donors (Lipinski definition) is 1. The second kappa shape index (κ2) is 9.52. The average Bonchev–Trinajstić information content (AvgIpc) is 3.28. The zero-order valence-corrected chi connectivity index (χ0v) is 18.0. The van der Waals surface area contributed by atoms with Crippen molar-refractivity contribution < 1.29 is 37.8 Å². The maximum Gasteiger partial charge on any atom is 0.255 e. The topological polar surface area (TPSA) is 88.2 Å². The molecule has 3 aliphatic rings. The molecule has 2 aromatic carbocycles. The summed E-state index contributed by atoms with van der Waals surface area (Å²) in [6, 6.07) is 5.10. The van der Waals surface area contributed by atoms with E-state index >= 15 is 4.39 Å². The van der Waals surface area contributed by atoms with E-state index in [9.17, 15) is 14.4 Å². The molecule has 2 saturated heterocycles. The zero-order chi connectivity index (χ0) is 30.0. The molecular weight excluding hydrogens is 441 g/mol. The fraction of sp³-hybridized carbons (Fsp3) is 0.400. The van der Waals surface area contributed by atoms with Gasteiger partial charge in [-0.05, 0) is 30.1 Å². The fourth-order valence-corrected chi connectivity index (χ4v) is 3.92. The smallest absolute Gasteiger partial charge is 0.255 e. The monoisotopic (exact) mass is 474 g/mol. The Morgan fingerprint density at radius 3 is 2.85 bits per heavy atom. The molecule has 5 rings (SSSR count). The molecule has 1 atom stereocenters. The number of benzene rings is 2. The summed E-state index contributed by atoms with van der Waals surface area (Å²) < 4.78 is 83.9. The minimum Gasteiger partial charge on any atom is -0.488 e. The van der Waals surface area contributed by atoms with E-state index < -0.39 is 55.3 Å². The number of rotatable bonds is 6. The van der Waals surface area contributed by atoms with Crippen molar-refractivity contribution in [2.45, 2.75) is 38.4 Å². The van der Waals surface area contributed by atoms with Crippen molar-refractivity contribution in [3.8, 4) is 5.75 Å². The van der Waals surface area contributed by atoms with Gasteiger partial charge >= 0.3 is 0 Å². The summed E-state index contributed by atoms with van der Waals surface area (Å²) in [5.41, 5.74) is 0.370. The number of halogens is 1. The molecule has 0 unspecified atom stereocenters. The number of imide groups is 1. The Bertz CT molecular complexity index is 1440. The van der Waals surface area contributed by atoms with Crippen molar-refractivity contribution in [1.29, 1.82) is 0 Å². The average molecular weight is 475 g/mol. The normalized spacial score (nSPS) is 29.5. The predicted molar refractivity (Wildman–Crippen MR) is 119 cm³/mol. The van der Waals surface area contributed by atoms with Gasteiger partial charge in [0.05, 0.1) is 21.1 Å². The van der Waals surface area contributed by atoms with Crippen LogP contribution in [-0.2, 0) is 34.0 Å². The molecule has 2 aromatic rings. The lowest BCUT2D eigenvalue weighted by molar-refractivity contribution is -0.136. The molecule has 3 aliphatic heterocycles. The quantitative estimate of drug-likeness (QED) is 0.645. The van der Waals surface area contributed by atoms with E-state index in [1.165, 1.54) is 30.3 Å². The number of ether oxygens (including phenoxy) is 2. The molecule has 178 valence electrons. The van der Waals surface area contributed by atoms with E-state index in [4.69, 9.17) is 19.1 Å². The van der Waals surface area contributed by atoms with Gasteiger partial charge in [0.25, 0.3) is 5.91 Å². The molecule has 3 heterocycles. The van der Waals surface area contributed by atoms with Crippen molar-refractivity contribution in [3.05, 3.63) is 64.5 Å². The van der Waals surface area contributed by atoms with Crippen molar-refractivity contribution in [2.75, 3.05) is 26.3 Å². The van der Waals surface area contributed by atoms with Crippen LogP contribution in [0, 0.1) is 5.82 Å². The van der Waals surface area contributed by atoms with E-state index in [2.05, 4.69) is 0 Å². The third kappa shape index (κ3) is 4.53. The highest BCUT2D eigenvalue weighted by molar-refractivity contribution is 6.05. The Balaban J connectivity index is 1.37. The number of nitrogens with zero attached hydrogens (tertiary/aromatic N) is 2. The third-order valence-electron chi connectivity index (χ3n) is 5.67. The highest BCUT2D eigenvalue weighted by Crippen LogP contribution is 2.34. The van der Waals surface area contributed by atoms with Crippen molar-refractivity contribution in [1.82, 2.24) is 15.1 Å². The van der Waals surface area contributed by atoms with Crippen molar-refractivity contribution >= 4 is 17.7 Å². The number of nitrogens with one attached hydrogen (secondary N) is 1. The van der Waals surface area contributed by atoms with Gasteiger partial charge in [0.15, 0.2) is 0 Å². The number of fused-ring (bicyclic) bond motifs is 1. The highest BCUT2D eigenvalue weighted by atomic mass is 19.1. The zero-order valence-electron chi connectivity index (χ0n) is 25.0. The van der Waals surface area contributed by atoms with Crippen LogP contribution in [0.4, 0.5) is 4.39 Å². The third-order valence-corrected chi connectivity index (χ3v) is 5.67. The highest BCUT2D eigenvalue weighted by Gasteiger charge is 2.40. The summed E-state index contributed by atoms with van der Waals surface area (Å²) in [5.74, 6) is -4.59. The molecule has 8 nitrogen and oxygen atoms in total. The number of carbonyl (C=O) groups excluding carboxylic acids is 3. The fourth-order valence-electron chi connectivity index (χ4n) is 3.92. The van der Waals surface area contributed by atoms with Gasteiger partial charge in [-0.15, -0.1) is 0 Å². The Morgan fingerprint density at radius 1 is 1.24 bits per heavy atom. The number of morpholine rings is 1. The molecule has 0 saturated carbocycles. The van der Waals surface area contributed by atoms with Gasteiger partial charge in [-0.1, -0.05) is 18.2 Å². The van der Waals surface area contributed by atoms with Crippen molar-refractivity contribution in [3.63, 3.8) is 0 Å². The first-order valence-electron chi connectivity index (χ1n) is 14.2. The standard InChI is InChI=1S/C25H26FN3O5/c26-20-12-16(13-28-8-10-33-11-9-28)4-5-17(20)15-34-22-3-1-2-18-19(22)14-29(25(18)32)21-6-7-23(30)27-24(21)31/h1-5,12,21H,6-11,13-15H2,(H,27,30,31)/t21-/m1/s1/i6D2,7D2,13D2,21D. The second-order valence-electron chi connectivity index (χ2n) is 7.86. The number of piperidine rings is 1. The van der Waals surface area contributed by atoms with Crippen LogP contribution in [-0.4, -0.2) is 59.8 Å². The molecule has 0 bridgehead atoms. The van der Waals surface area contributed by atoms with E-state index in [-0.39, 0.29) is 34.6 Å². The van der Waals surface area contributed by atoms with Crippen LogP contribution < -0.4 is 10.1 Å². The molecule has 1 N–H and O–H groups in total. The van der Waals surface area contributed by atoms with Gasteiger partial charge in [-0.3, -0.25) is 24.6 Å². The minimum atomic E-state index is -3.41. The summed E-state index contributed by atoms with van der Waals surface area (Å²) in [6.07, 6.45) is -6.70. The van der Waals surface area contributed by atoms with Crippen LogP contribution in [0.2, 0.25) is 0 Å². The van der Waals surface area contributed by atoms with Crippen LogP contribution in [0.3, 0.4) is 0 Å². The van der Waals surface area contributed by atoms with Gasteiger partial charge in [-0.25, -0.2) is 4.39 Å². The Labute approximate surface area is 206 Å². The molecule has 0 spiro atoms. The van der Waals surface area contributed by atoms with Gasteiger partial charge in [0.2, 0.25) is 11.8 Å². The number of hydrogen-bond acceptors (Lipinski definition) is 6. The maximum absolute atomic E-state index is 15.0. The Kier molecular flexibility index (Phi) is 4.36. The largest absolute Gasteiger partial charge is 0.488 e.